The average Bonchev–Trinajstić information content (AvgIpc) is 2.32. The summed E-state index contributed by atoms with van der Waals surface area (Å²) in [6.45, 7) is 6.28. The van der Waals surface area contributed by atoms with Gasteiger partial charge in [0.05, 0.1) is 12.7 Å². The summed E-state index contributed by atoms with van der Waals surface area (Å²) in [7, 11) is 0. The Kier molecular flexibility index (Phi) is 3.48. The van der Waals surface area contributed by atoms with Crippen molar-refractivity contribution in [3.63, 3.8) is 0 Å². The predicted octanol–water partition coefficient (Wildman–Crippen LogP) is 2.80. The molecule has 18 heavy (non-hydrogen) atoms. The van der Waals surface area contributed by atoms with E-state index in [0.29, 0.717) is 13.0 Å². The molecule has 3 nitrogen and oxygen atoms in total. The number of aliphatic hydroxyl groups is 1. The van der Waals surface area contributed by atoms with E-state index in [1.807, 2.05) is 20.8 Å². The van der Waals surface area contributed by atoms with Gasteiger partial charge >= 0.3 is 0 Å². The minimum atomic E-state index is -0.362. The lowest BCUT2D eigenvalue weighted by atomic mass is 9.64. The quantitative estimate of drug-likeness (QED) is 0.867. The number of ether oxygens (including phenoxy) is 1. The van der Waals surface area contributed by atoms with E-state index in [1.165, 1.54) is 6.07 Å². The van der Waals surface area contributed by atoms with Gasteiger partial charge in [0.15, 0.2) is 11.6 Å². The van der Waals surface area contributed by atoms with Crippen LogP contribution in [0.15, 0.2) is 18.2 Å². The van der Waals surface area contributed by atoms with Crippen LogP contribution < -0.4 is 10.1 Å². The highest BCUT2D eigenvalue weighted by Crippen LogP contribution is 2.42. The lowest BCUT2D eigenvalue weighted by Gasteiger charge is -2.49. The maximum absolute atomic E-state index is 13.7. The smallest absolute Gasteiger partial charge is 0.167 e. The van der Waals surface area contributed by atoms with Crippen LogP contribution >= 0.6 is 0 Å². The maximum atomic E-state index is 13.7. The van der Waals surface area contributed by atoms with E-state index in [2.05, 4.69) is 5.32 Å². The molecule has 0 aliphatic heterocycles. The molecule has 0 radical (unpaired) electrons. The molecule has 1 aromatic carbocycles. The van der Waals surface area contributed by atoms with Crippen LogP contribution in [0.4, 0.5) is 10.1 Å². The first kappa shape index (κ1) is 13.1. The Balaban J connectivity index is 2.05. The second kappa shape index (κ2) is 4.76. The second-order valence-corrected chi connectivity index (χ2v) is 5.35. The van der Waals surface area contributed by atoms with E-state index in [0.717, 1.165) is 5.69 Å². The molecule has 0 heterocycles. The lowest BCUT2D eigenvalue weighted by molar-refractivity contribution is -0.0510. The number of benzene rings is 1. The molecule has 2 atom stereocenters. The van der Waals surface area contributed by atoms with E-state index in [4.69, 9.17) is 4.74 Å². The Labute approximate surface area is 107 Å². The van der Waals surface area contributed by atoms with Crippen LogP contribution in [-0.4, -0.2) is 23.9 Å². The van der Waals surface area contributed by atoms with Gasteiger partial charge in [0.2, 0.25) is 0 Å². The highest BCUT2D eigenvalue weighted by atomic mass is 19.1. The number of nitrogens with one attached hydrogen (secondary N) is 1. The second-order valence-electron chi connectivity index (χ2n) is 5.35. The molecule has 2 unspecified atom stereocenters. The molecule has 0 amide bonds. The monoisotopic (exact) mass is 253 g/mol. The first-order chi connectivity index (χ1) is 8.45. The molecule has 100 valence electrons. The Bertz CT molecular complexity index is 434. The van der Waals surface area contributed by atoms with E-state index in [1.54, 1.807) is 12.1 Å². The molecule has 1 saturated carbocycles. The zero-order valence-corrected chi connectivity index (χ0v) is 11.0. The molecule has 1 aliphatic rings. The molecule has 1 fully saturated rings. The van der Waals surface area contributed by atoms with Crippen LogP contribution in [0, 0.1) is 11.2 Å². The minimum Gasteiger partial charge on any atom is -0.491 e. The molecular weight excluding hydrogens is 233 g/mol. The molecular formula is C14H20FNO2. The van der Waals surface area contributed by atoms with Crippen molar-refractivity contribution in [1.82, 2.24) is 0 Å². The fourth-order valence-electron chi connectivity index (χ4n) is 2.21. The zero-order valence-electron chi connectivity index (χ0n) is 11.0. The summed E-state index contributed by atoms with van der Waals surface area (Å²) in [5.74, 6) is -0.0875. The van der Waals surface area contributed by atoms with Gasteiger partial charge in [-0.2, -0.15) is 0 Å². The minimum absolute atomic E-state index is 0.171. The topological polar surface area (TPSA) is 41.5 Å². The molecule has 2 rings (SSSR count). The van der Waals surface area contributed by atoms with Crippen LogP contribution in [0.5, 0.6) is 5.75 Å². The van der Waals surface area contributed by atoms with Gasteiger partial charge in [-0.3, -0.25) is 0 Å². The first-order valence-corrected chi connectivity index (χ1v) is 6.32. The van der Waals surface area contributed by atoms with Crippen molar-refractivity contribution in [3.05, 3.63) is 24.0 Å². The van der Waals surface area contributed by atoms with Crippen LogP contribution in [0.2, 0.25) is 0 Å². The fourth-order valence-corrected chi connectivity index (χ4v) is 2.21. The summed E-state index contributed by atoms with van der Waals surface area (Å²) in [4.78, 5) is 0. The summed E-state index contributed by atoms with van der Waals surface area (Å²) in [6, 6.07) is 5.04. The summed E-state index contributed by atoms with van der Waals surface area (Å²) in [5, 5.41) is 12.9. The Morgan fingerprint density at radius 2 is 2.22 bits per heavy atom. The van der Waals surface area contributed by atoms with Gasteiger partial charge in [-0.05, 0) is 25.5 Å². The highest BCUT2D eigenvalue weighted by Gasteiger charge is 2.47. The number of rotatable bonds is 4. The number of aliphatic hydroxyl groups excluding tert-OH is 1. The molecule has 0 aromatic heterocycles. The Morgan fingerprint density at radius 3 is 2.72 bits per heavy atom. The third kappa shape index (κ3) is 2.29. The number of hydrogen-bond acceptors (Lipinski definition) is 3. The predicted molar refractivity (Wildman–Crippen MR) is 69.4 cm³/mol. The van der Waals surface area contributed by atoms with Gasteiger partial charge in [-0.15, -0.1) is 0 Å². The Hall–Kier alpha value is -1.29. The van der Waals surface area contributed by atoms with Crippen molar-refractivity contribution in [3.8, 4) is 5.75 Å². The van der Waals surface area contributed by atoms with E-state index >= 15 is 0 Å². The third-order valence-electron chi connectivity index (χ3n) is 3.79. The molecule has 0 spiro atoms. The van der Waals surface area contributed by atoms with Gasteiger partial charge in [-0.25, -0.2) is 4.39 Å². The number of hydrogen-bond donors (Lipinski definition) is 2. The standard InChI is InChI=1S/C14H20FNO2/c1-4-18-11-6-5-9(7-10(11)15)16-12-8-13(17)14(12,2)3/h5-7,12-13,16-17H,4,8H2,1-3H3. The molecule has 0 bridgehead atoms. The number of anilines is 1. The molecule has 1 aromatic rings. The van der Waals surface area contributed by atoms with Crippen molar-refractivity contribution in [2.45, 2.75) is 39.3 Å². The Morgan fingerprint density at radius 1 is 1.50 bits per heavy atom. The van der Waals surface area contributed by atoms with Gasteiger partial charge in [0.1, 0.15) is 0 Å². The van der Waals surface area contributed by atoms with Crippen LogP contribution in [0.3, 0.4) is 0 Å². The van der Waals surface area contributed by atoms with E-state index < -0.39 is 0 Å². The van der Waals surface area contributed by atoms with Crippen LogP contribution in [0.1, 0.15) is 27.2 Å². The van der Waals surface area contributed by atoms with Crippen molar-refractivity contribution < 1.29 is 14.2 Å². The largest absolute Gasteiger partial charge is 0.491 e. The summed E-state index contributed by atoms with van der Waals surface area (Å²) in [5.41, 5.74) is 0.552. The SMILES string of the molecule is CCOc1ccc(NC2CC(O)C2(C)C)cc1F. The first-order valence-electron chi connectivity index (χ1n) is 6.32. The van der Waals surface area contributed by atoms with Gasteiger partial charge in [0, 0.05) is 23.2 Å². The molecule has 0 saturated heterocycles. The van der Waals surface area contributed by atoms with Gasteiger partial charge < -0.3 is 15.2 Å². The normalized spacial score (nSPS) is 25.4. The highest BCUT2D eigenvalue weighted by molar-refractivity contribution is 5.49. The van der Waals surface area contributed by atoms with Crippen molar-refractivity contribution in [2.75, 3.05) is 11.9 Å². The average molecular weight is 253 g/mol. The summed E-state index contributed by atoms with van der Waals surface area (Å²) < 4.78 is 18.8. The molecule has 1 aliphatic carbocycles. The number of halogens is 1. The lowest BCUT2D eigenvalue weighted by Crippen LogP contribution is -2.56. The molecule has 4 heteroatoms. The third-order valence-corrected chi connectivity index (χ3v) is 3.79. The molecule has 2 N–H and O–H groups in total. The van der Waals surface area contributed by atoms with Gasteiger partial charge in [-0.1, -0.05) is 13.8 Å². The summed E-state index contributed by atoms with van der Waals surface area (Å²) >= 11 is 0. The zero-order chi connectivity index (χ0) is 13.3. The van der Waals surface area contributed by atoms with Crippen molar-refractivity contribution in [1.29, 1.82) is 0 Å². The van der Waals surface area contributed by atoms with Gasteiger partial charge in [0.25, 0.3) is 0 Å². The van der Waals surface area contributed by atoms with Crippen molar-refractivity contribution >= 4 is 5.69 Å². The van der Waals surface area contributed by atoms with E-state index in [9.17, 15) is 9.50 Å². The fraction of sp³-hybridized carbons (Fsp3) is 0.571. The van der Waals surface area contributed by atoms with Crippen molar-refractivity contribution in [2.24, 2.45) is 5.41 Å². The van der Waals surface area contributed by atoms with E-state index in [-0.39, 0.29) is 29.1 Å². The summed E-state index contributed by atoms with van der Waals surface area (Å²) in [6.07, 6.45) is 0.407. The van der Waals surface area contributed by atoms with Crippen LogP contribution in [-0.2, 0) is 0 Å². The maximum Gasteiger partial charge on any atom is 0.167 e. The van der Waals surface area contributed by atoms with Crippen LogP contribution in [0.25, 0.3) is 0 Å².